The molecule has 2 rings (SSSR count). The molecule has 0 fully saturated rings. The monoisotopic (exact) mass is 232 g/mol. The van der Waals surface area contributed by atoms with E-state index in [1.165, 1.54) is 20.9 Å². The van der Waals surface area contributed by atoms with Gasteiger partial charge in [-0.15, -0.1) is 0 Å². The number of hydrogen-bond acceptors (Lipinski definition) is 5. The molecule has 0 aromatic carbocycles. The molecule has 0 N–H and O–H groups in total. The highest BCUT2D eigenvalue weighted by atomic mass is 35.5. The van der Waals surface area contributed by atoms with Crippen LogP contribution in [0.5, 0.6) is 0 Å². The third kappa shape index (κ3) is 1.96. The van der Waals surface area contributed by atoms with Gasteiger partial charge in [-0.05, 0) is 10.3 Å². The van der Waals surface area contributed by atoms with Crippen molar-refractivity contribution in [3.63, 3.8) is 0 Å². The number of rotatable bonds is 1. The molecule has 0 radical (unpaired) electrons. The van der Waals surface area contributed by atoms with Crippen LogP contribution in [0.1, 0.15) is 0 Å². The van der Waals surface area contributed by atoms with Crippen LogP contribution in [0.3, 0.4) is 0 Å². The quantitative estimate of drug-likeness (QED) is 0.704. The minimum atomic E-state index is 0.445. The molecule has 2 aromatic heterocycles. The Balaban J connectivity index is 2.46. The van der Waals surface area contributed by atoms with Crippen molar-refractivity contribution in [2.75, 3.05) is 0 Å². The van der Waals surface area contributed by atoms with Gasteiger partial charge in [0.25, 0.3) is 0 Å². The lowest BCUT2D eigenvalue weighted by molar-refractivity contribution is 0.768. The summed E-state index contributed by atoms with van der Waals surface area (Å²) in [5.74, 6) is 0.654. The van der Waals surface area contributed by atoms with Crippen molar-refractivity contribution in [2.45, 2.75) is 0 Å². The molecule has 0 saturated heterocycles. The Bertz CT molecular complexity index is 469. The van der Waals surface area contributed by atoms with E-state index in [9.17, 15) is 0 Å². The highest BCUT2D eigenvalue weighted by Crippen LogP contribution is 2.09. The molecule has 7 heteroatoms. The summed E-state index contributed by atoms with van der Waals surface area (Å²) < 4.78 is 6.32. The fourth-order valence-electron chi connectivity index (χ4n) is 0.791. The fraction of sp³-hybridized carbons (Fsp3) is 0.167. The average Bonchev–Trinajstić information content (AvgIpc) is 2.64. The molecular weight excluding hydrogens is 228 g/mol. The van der Waals surface area contributed by atoms with Crippen molar-refractivity contribution in [1.82, 2.24) is 14.2 Å². The van der Waals surface area contributed by atoms with Crippen LogP contribution < -0.4 is 4.67 Å². The Morgan fingerprint density at radius 2 is 2.46 bits per heavy atom. The minimum absolute atomic E-state index is 0.445. The van der Waals surface area contributed by atoms with Gasteiger partial charge in [-0.1, -0.05) is 11.6 Å². The van der Waals surface area contributed by atoms with Crippen LogP contribution in [-0.2, 0) is 7.05 Å². The first-order chi connectivity index (χ1) is 6.25. The summed E-state index contributed by atoms with van der Waals surface area (Å²) in [6.45, 7) is 0. The van der Waals surface area contributed by atoms with Crippen LogP contribution in [0, 0.1) is 0 Å². The predicted octanol–water partition coefficient (Wildman–Crippen LogP) is 1.82. The second-order valence-electron chi connectivity index (χ2n) is 2.30. The van der Waals surface area contributed by atoms with Crippen molar-refractivity contribution in [1.29, 1.82) is 0 Å². The summed E-state index contributed by atoms with van der Waals surface area (Å²) in [5, 5.41) is 4.55. The van der Waals surface area contributed by atoms with Gasteiger partial charge in [-0.25, -0.2) is 4.99 Å². The zero-order valence-corrected chi connectivity index (χ0v) is 9.03. The van der Waals surface area contributed by atoms with Gasteiger partial charge in [-0.3, -0.25) is 4.68 Å². The molecule has 0 unspecified atom stereocenters. The third-order valence-electron chi connectivity index (χ3n) is 1.33. The summed E-state index contributed by atoms with van der Waals surface area (Å²) in [6.07, 6.45) is 1.83. The Morgan fingerprint density at radius 1 is 1.62 bits per heavy atom. The highest BCUT2D eigenvalue weighted by Gasteiger charge is 1.98. The number of aryl methyl sites for hydroxylation is 1. The third-order valence-corrected chi connectivity index (χ3v) is 3.50. The van der Waals surface area contributed by atoms with E-state index < -0.39 is 0 Å². The lowest BCUT2D eigenvalue weighted by Gasteiger charge is -1.82. The lowest BCUT2D eigenvalue weighted by atomic mass is 10.6. The van der Waals surface area contributed by atoms with Crippen LogP contribution in [0.4, 0.5) is 5.82 Å². The molecule has 0 aliphatic carbocycles. The first-order valence-corrected chi connectivity index (χ1v) is 5.90. The van der Waals surface area contributed by atoms with Gasteiger partial charge in [-0.2, -0.15) is 9.47 Å². The SMILES string of the molecule is Cn1ccc(N=c2ssnc2Cl)n1. The van der Waals surface area contributed by atoms with Crippen molar-refractivity contribution in [3.05, 3.63) is 22.1 Å². The van der Waals surface area contributed by atoms with Crippen LogP contribution in [-0.4, -0.2) is 14.2 Å². The Hall–Kier alpha value is -0.720. The average molecular weight is 233 g/mol. The molecule has 0 atom stereocenters. The second-order valence-corrected chi connectivity index (χ2v) is 4.49. The maximum atomic E-state index is 5.78. The van der Waals surface area contributed by atoms with Gasteiger partial charge in [0.2, 0.25) is 0 Å². The standard InChI is InChI=1S/C6H5ClN4S2/c1-11-3-2-4(9-11)8-6-5(7)10-13-12-6/h2-3H,1H3. The summed E-state index contributed by atoms with van der Waals surface area (Å²) in [4.78, 5) is 4.22. The van der Waals surface area contributed by atoms with Crippen molar-refractivity contribution < 1.29 is 0 Å². The molecule has 0 aliphatic rings. The number of halogens is 1. The van der Waals surface area contributed by atoms with Crippen molar-refractivity contribution in [3.8, 4) is 0 Å². The van der Waals surface area contributed by atoms with Gasteiger partial charge in [0.15, 0.2) is 15.6 Å². The molecule has 13 heavy (non-hydrogen) atoms. The minimum Gasteiger partial charge on any atom is -0.274 e. The van der Waals surface area contributed by atoms with E-state index in [1.54, 1.807) is 4.68 Å². The zero-order valence-electron chi connectivity index (χ0n) is 6.64. The van der Waals surface area contributed by atoms with E-state index in [-0.39, 0.29) is 0 Å². The largest absolute Gasteiger partial charge is 0.274 e. The van der Waals surface area contributed by atoms with E-state index in [1.807, 2.05) is 19.3 Å². The van der Waals surface area contributed by atoms with E-state index in [0.717, 1.165) is 0 Å². The molecule has 0 bridgehead atoms. The van der Waals surface area contributed by atoms with Crippen LogP contribution >= 0.6 is 32.5 Å². The number of hydrogen-bond donors (Lipinski definition) is 0. The first kappa shape index (κ1) is 8.86. The maximum absolute atomic E-state index is 5.78. The van der Waals surface area contributed by atoms with Gasteiger partial charge in [0.1, 0.15) is 0 Å². The second kappa shape index (κ2) is 3.57. The normalized spacial score (nSPS) is 12.3. The zero-order chi connectivity index (χ0) is 9.26. The van der Waals surface area contributed by atoms with E-state index >= 15 is 0 Å². The molecule has 0 amide bonds. The Morgan fingerprint density at radius 3 is 3.00 bits per heavy atom. The molecule has 2 aromatic rings. The molecule has 4 nitrogen and oxygen atoms in total. The summed E-state index contributed by atoms with van der Waals surface area (Å²) in [5.41, 5.74) is 0. The molecule has 0 spiro atoms. The molecular formula is C6H5ClN4S2. The van der Waals surface area contributed by atoms with Gasteiger partial charge < -0.3 is 0 Å². The Kier molecular flexibility index (Phi) is 2.43. The summed E-state index contributed by atoms with van der Waals surface area (Å²) in [6, 6.07) is 1.82. The maximum Gasteiger partial charge on any atom is 0.179 e. The lowest BCUT2D eigenvalue weighted by Crippen LogP contribution is -1.93. The molecule has 0 aliphatic heterocycles. The predicted molar refractivity (Wildman–Crippen MR) is 53.4 cm³/mol. The highest BCUT2D eigenvalue weighted by molar-refractivity contribution is 7.66. The van der Waals surface area contributed by atoms with E-state index in [4.69, 9.17) is 11.6 Å². The fourth-order valence-corrected chi connectivity index (χ4v) is 2.77. The first-order valence-electron chi connectivity index (χ1n) is 3.41. The summed E-state index contributed by atoms with van der Waals surface area (Å²) in [7, 11) is 4.60. The topological polar surface area (TPSA) is 43.1 Å². The van der Waals surface area contributed by atoms with E-state index in [0.29, 0.717) is 15.6 Å². The van der Waals surface area contributed by atoms with Gasteiger partial charge in [0, 0.05) is 29.8 Å². The van der Waals surface area contributed by atoms with Gasteiger partial charge in [0.05, 0.1) is 0 Å². The summed E-state index contributed by atoms with van der Waals surface area (Å²) >= 11 is 5.78. The molecule has 2 heterocycles. The van der Waals surface area contributed by atoms with Gasteiger partial charge >= 0.3 is 0 Å². The van der Waals surface area contributed by atoms with Crippen LogP contribution in [0.15, 0.2) is 17.3 Å². The Labute approximate surface area is 86.7 Å². The number of nitrogens with zero attached hydrogens (tertiary/aromatic N) is 4. The van der Waals surface area contributed by atoms with Crippen LogP contribution in [0.25, 0.3) is 0 Å². The molecule has 0 saturated carbocycles. The van der Waals surface area contributed by atoms with Crippen molar-refractivity contribution in [2.24, 2.45) is 12.0 Å². The van der Waals surface area contributed by atoms with Crippen LogP contribution in [0.2, 0.25) is 5.15 Å². The molecule has 68 valence electrons. The van der Waals surface area contributed by atoms with Crippen molar-refractivity contribution >= 4 is 38.3 Å². The smallest absolute Gasteiger partial charge is 0.179 e. The number of aromatic nitrogens is 3. The van der Waals surface area contributed by atoms with E-state index in [2.05, 4.69) is 14.5 Å².